The zero-order valence-corrected chi connectivity index (χ0v) is 14.0. The Morgan fingerprint density at radius 2 is 2.16 bits per heavy atom. The second-order valence-corrected chi connectivity index (χ2v) is 5.80. The van der Waals surface area contributed by atoms with E-state index < -0.39 is 0 Å². The van der Waals surface area contributed by atoms with Crippen LogP contribution in [0.1, 0.15) is 19.8 Å². The maximum absolute atomic E-state index is 5.51. The summed E-state index contributed by atoms with van der Waals surface area (Å²) in [5.41, 5.74) is 2.29. The van der Waals surface area contributed by atoms with Crippen molar-refractivity contribution in [3.8, 4) is 28.4 Å². The Morgan fingerprint density at radius 1 is 1.28 bits per heavy atom. The molecular weight excluding hydrogens is 319 g/mol. The number of nitrogens with one attached hydrogen (secondary N) is 1. The Hall–Kier alpha value is -3.04. The highest BCUT2D eigenvalue weighted by molar-refractivity contribution is 6.00. The normalized spacial score (nSPS) is 13.6. The molecule has 10 heteroatoms. The first-order valence-electron chi connectivity index (χ1n) is 8.19. The molecule has 0 amide bonds. The minimum Gasteiger partial charge on any atom is -0.567 e. The average Bonchev–Trinajstić information content (AvgIpc) is 3.34. The lowest BCUT2D eigenvalue weighted by Crippen LogP contribution is -2.06. The summed E-state index contributed by atoms with van der Waals surface area (Å²) in [5, 5.41) is 24.0. The van der Waals surface area contributed by atoms with Gasteiger partial charge in [-0.25, -0.2) is 4.98 Å². The van der Waals surface area contributed by atoms with E-state index in [1.54, 1.807) is 14.2 Å². The summed E-state index contributed by atoms with van der Waals surface area (Å²) in [5.74, 6) is 1.77. The molecule has 1 aliphatic rings. The summed E-state index contributed by atoms with van der Waals surface area (Å²) >= 11 is 0. The molecule has 3 aromatic rings. The van der Waals surface area contributed by atoms with Crippen LogP contribution in [0.3, 0.4) is 0 Å². The minimum absolute atomic E-state index is 0.491. The second kappa shape index (κ2) is 6.46. The Labute approximate surface area is 145 Å². The van der Waals surface area contributed by atoms with Crippen LogP contribution in [0.5, 0.6) is 5.75 Å². The summed E-state index contributed by atoms with van der Waals surface area (Å²) in [7, 11) is 1.61. The molecule has 1 fully saturated rings. The number of anilines is 1. The summed E-state index contributed by atoms with van der Waals surface area (Å²) in [6.45, 7) is 2.63. The van der Waals surface area contributed by atoms with E-state index in [1.807, 2.05) is 25.1 Å². The maximum atomic E-state index is 5.51. The SMILES string of the molecule is BOc1cc(-c2nnn(CC)n2)ccc1-c1cnc(NC2CC2)nn1. The number of hydrogen-bond donors (Lipinski definition) is 1. The van der Waals surface area contributed by atoms with Crippen molar-refractivity contribution >= 4 is 14.0 Å². The van der Waals surface area contributed by atoms with Crippen molar-refractivity contribution < 1.29 is 4.65 Å². The third-order valence-corrected chi connectivity index (χ3v) is 3.94. The van der Waals surface area contributed by atoms with E-state index in [2.05, 4.69) is 35.9 Å². The Morgan fingerprint density at radius 3 is 2.80 bits per heavy atom. The minimum atomic E-state index is 0.491. The molecule has 4 rings (SSSR count). The number of benzene rings is 1. The zero-order chi connectivity index (χ0) is 17.2. The fourth-order valence-electron chi connectivity index (χ4n) is 2.41. The Balaban J connectivity index is 1.62. The predicted molar refractivity (Wildman–Crippen MR) is 93.6 cm³/mol. The van der Waals surface area contributed by atoms with E-state index in [9.17, 15) is 0 Å². The maximum Gasteiger partial charge on any atom is 0.322 e. The van der Waals surface area contributed by atoms with Crippen molar-refractivity contribution in [1.29, 1.82) is 0 Å². The lowest BCUT2D eigenvalue weighted by Gasteiger charge is -2.09. The van der Waals surface area contributed by atoms with E-state index in [4.69, 9.17) is 4.65 Å². The van der Waals surface area contributed by atoms with Gasteiger partial charge in [-0.15, -0.1) is 20.4 Å². The highest BCUT2D eigenvalue weighted by Gasteiger charge is 2.22. The van der Waals surface area contributed by atoms with E-state index in [1.165, 1.54) is 4.80 Å². The van der Waals surface area contributed by atoms with Crippen LogP contribution in [0.2, 0.25) is 0 Å². The molecule has 1 saturated carbocycles. The topological polar surface area (TPSA) is 104 Å². The van der Waals surface area contributed by atoms with Crippen molar-refractivity contribution in [2.45, 2.75) is 32.4 Å². The zero-order valence-electron chi connectivity index (χ0n) is 14.0. The first kappa shape index (κ1) is 15.5. The van der Waals surface area contributed by atoms with Gasteiger partial charge in [0, 0.05) is 17.2 Å². The summed E-state index contributed by atoms with van der Waals surface area (Å²) < 4.78 is 5.51. The molecule has 0 atom stereocenters. The highest BCUT2D eigenvalue weighted by Crippen LogP contribution is 2.32. The molecule has 0 radical (unpaired) electrons. The molecule has 25 heavy (non-hydrogen) atoms. The molecule has 0 spiro atoms. The van der Waals surface area contributed by atoms with Crippen LogP contribution in [0.4, 0.5) is 5.95 Å². The van der Waals surface area contributed by atoms with Crippen molar-refractivity contribution in [3.05, 3.63) is 24.4 Å². The molecule has 1 aromatic carbocycles. The number of nitrogens with zero attached hydrogens (tertiary/aromatic N) is 7. The van der Waals surface area contributed by atoms with E-state index in [-0.39, 0.29) is 0 Å². The number of aromatic nitrogens is 7. The summed E-state index contributed by atoms with van der Waals surface area (Å²) in [6, 6.07) is 6.17. The molecule has 1 N–H and O–H groups in total. The molecule has 126 valence electrons. The Kier molecular flexibility index (Phi) is 4.00. The largest absolute Gasteiger partial charge is 0.567 e. The predicted octanol–water partition coefficient (Wildman–Crippen LogP) is 0.713. The Bertz CT molecular complexity index is 877. The quantitative estimate of drug-likeness (QED) is 0.657. The molecule has 1 aliphatic carbocycles. The summed E-state index contributed by atoms with van der Waals surface area (Å²) in [4.78, 5) is 5.87. The van der Waals surface area contributed by atoms with Gasteiger partial charge in [0.1, 0.15) is 11.4 Å². The van der Waals surface area contributed by atoms with Crippen molar-refractivity contribution in [3.63, 3.8) is 0 Å². The molecule has 2 heterocycles. The van der Waals surface area contributed by atoms with Gasteiger partial charge >= 0.3 is 8.05 Å². The van der Waals surface area contributed by atoms with Gasteiger partial charge in [0.15, 0.2) is 0 Å². The smallest absolute Gasteiger partial charge is 0.322 e. The van der Waals surface area contributed by atoms with Gasteiger partial charge in [-0.3, -0.25) is 0 Å². The molecular formula is C15H17BN8O. The number of rotatable bonds is 6. The van der Waals surface area contributed by atoms with Crippen LogP contribution >= 0.6 is 0 Å². The van der Waals surface area contributed by atoms with Gasteiger partial charge in [-0.2, -0.15) is 4.80 Å². The molecule has 9 nitrogen and oxygen atoms in total. The van der Waals surface area contributed by atoms with Crippen LogP contribution < -0.4 is 9.97 Å². The van der Waals surface area contributed by atoms with Crippen molar-refractivity contribution in [2.24, 2.45) is 0 Å². The molecule has 0 saturated heterocycles. The number of tetrazole rings is 1. The van der Waals surface area contributed by atoms with Crippen molar-refractivity contribution in [1.82, 2.24) is 35.4 Å². The monoisotopic (exact) mass is 336 g/mol. The third-order valence-electron chi connectivity index (χ3n) is 3.94. The van der Waals surface area contributed by atoms with Crippen LogP contribution in [-0.4, -0.2) is 49.5 Å². The fraction of sp³-hybridized carbons (Fsp3) is 0.333. The van der Waals surface area contributed by atoms with Crippen LogP contribution in [0, 0.1) is 0 Å². The first-order valence-corrected chi connectivity index (χ1v) is 8.19. The number of hydrogen-bond acceptors (Lipinski definition) is 8. The number of aryl methyl sites for hydroxylation is 1. The average molecular weight is 336 g/mol. The van der Waals surface area contributed by atoms with Gasteiger partial charge in [0.2, 0.25) is 11.8 Å². The fourth-order valence-corrected chi connectivity index (χ4v) is 2.41. The van der Waals surface area contributed by atoms with Gasteiger partial charge in [0.25, 0.3) is 0 Å². The first-order chi connectivity index (χ1) is 12.3. The van der Waals surface area contributed by atoms with Crippen molar-refractivity contribution in [2.75, 3.05) is 5.32 Å². The molecule has 0 aliphatic heterocycles. The van der Waals surface area contributed by atoms with Gasteiger partial charge in [-0.1, -0.05) is 6.07 Å². The van der Waals surface area contributed by atoms with Gasteiger partial charge < -0.3 is 9.97 Å². The van der Waals surface area contributed by atoms with Crippen LogP contribution in [0.15, 0.2) is 24.4 Å². The lowest BCUT2D eigenvalue weighted by molar-refractivity contribution is 0.552. The third kappa shape index (κ3) is 3.28. The molecule has 2 aromatic heterocycles. The second-order valence-electron chi connectivity index (χ2n) is 5.80. The molecule has 0 unspecified atom stereocenters. The van der Waals surface area contributed by atoms with Gasteiger partial charge in [-0.05, 0) is 37.1 Å². The van der Waals surface area contributed by atoms with E-state index in [0.717, 1.165) is 24.0 Å². The van der Waals surface area contributed by atoms with E-state index in [0.29, 0.717) is 35.8 Å². The highest BCUT2D eigenvalue weighted by atomic mass is 16.4. The van der Waals surface area contributed by atoms with Crippen LogP contribution in [0.25, 0.3) is 22.6 Å². The van der Waals surface area contributed by atoms with Crippen LogP contribution in [-0.2, 0) is 6.54 Å². The lowest BCUT2D eigenvalue weighted by atomic mass is 10.1. The standard InChI is InChI=1S/C15H17BN8O/c1-2-24-22-14(20-23-24)9-3-6-11(13(7-9)25-16)12-8-17-15(21-19-12)18-10-4-5-10/h3,6-8,10H,2,4-5,16H2,1H3,(H,17,18,21). The molecule has 0 bridgehead atoms. The van der Waals surface area contributed by atoms with E-state index >= 15 is 0 Å². The summed E-state index contributed by atoms with van der Waals surface area (Å²) in [6.07, 6.45) is 4.02. The van der Waals surface area contributed by atoms with Gasteiger partial charge in [0.05, 0.1) is 12.7 Å².